The fourth-order valence-corrected chi connectivity index (χ4v) is 5.86. The quantitative estimate of drug-likeness (QED) is 0.0419. The molecule has 1 unspecified atom stereocenters. The maximum absolute atomic E-state index is 12.7. The molecule has 46 heavy (non-hydrogen) atoms. The molecule has 1 N–H and O–H groups in total. The van der Waals surface area contributed by atoms with Gasteiger partial charge in [0.2, 0.25) is 0 Å². The van der Waals surface area contributed by atoms with Crippen LogP contribution in [0.1, 0.15) is 213 Å². The molecule has 0 aromatic rings. The molecule has 0 bridgehead atoms. The van der Waals surface area contributed by atoms with E-state index in [9.17, 15) is 9.59 Å². The molecule has 0 spiro atoms. The maximum Gasteiger partial charge on any atom is 0.306 e. The van der Waals surface area contributed by atoms with Gasteiger partial charge in [-0.3, -0.25) is 9.59 Å². The molecule has 0 saturated heterocycles. The number of carbonyl (C=O) groups is 2. The minimum absolute atomic E-state index is 0.0191. The van der Waals surface area contributed by atoms with Crippen molar-refractivity contribution >= 4 is 11.9 Å². The number of esters is 1. The van der Waals surface area contributed by atoms with E-state index >= 15 is 0 Å². The summed E-state index contributed by atoms with van der Waals surface area (Å²) in [5.41, 5.74) is 0. The van der Waals surface area contributed by atoms with Crippen molar-refractivity contribution in [2.45, 2.75) is 219 Å². The topological polar surface area (TPSA) is 63.6 Å². The van der Waals surface area contributed by atoms with Crippen molar-refractivity contribution in [3.05, 3.63) is 36.5 Å². The average molecular weight is 645 g/mol. The summed E-state index contributed by atoms with van der Waals surface area (Å²) in [6.07, 6.45) is 48.7. The standard InChI is InChI=1S/C42H76O4/c1-3-5-7-9-11-13-15-17-18-20-21-23-25-28-32-36-40(37-33-29-27-30-34-38-41(43)44)46-42(45)39-35-31-26-24-22-19-16-14-12-10-8-6-4-2/h8,10,14,16,20-21,40H,3-7,9,11-13,15,17-19,22-39H2,1-2H3,(H,43,44)/b10-8-,16-14-,21-20-. The summed E-state index contributed by atoms with van der Waals surface area (Å²) in [5.74, 6) is -0.723. The Bertz CT molecular complexity index is 738. The summed E-state index contributed by atoms with van der Waals surface area (Å²) >= 11 is 0. The second-order valence-corrected chi connectivity index (χ2v) is 13.5. The number of carbonyl (C=O) groups excluding carboxylic acids is 1. The second kappa shape index (κ2) is 37.6. The number of hydrogen-bond acceptors (Lipinski definition) is 3. The van der Waals surface area contributed by atoms with Gasteiger partial charge in [0.05, 0.1) is 0 Å². The molecule has 0 fully saturated rings. The smallest absolute Gasteiger partial charge is 0.306 e. The molecule has 0 aromatic heterocycles. The van der Waals surface area contributed by atoms with Crippen molar-refractivity contribution in [2.75, 3.05) is 0 Å². The van der Waals surface area contributed by atoms with Gasteiger partial charge < -0.3 is 9.84 Å². The van der Waals surface area contributed by atoms with Crippen LogP contribution in [-0.4, -0.2) is 23.1 Å². The number of hydrogen-bond donors (Lipinski definition) is 1. The van der Waals surface area contributed by atoms with Gasteiger partial charge in [-0.2, -0.15) is 0 Å². The zero-order chi connectivity index (χ0) is 33.6. The van der Waals surface area contributed by atoms with Crippen LogP contribution in [0, 0.1) is 0 Å². The molecule has 0 radical (unpaired) electrons. The van der Waals surface area contributed by atoms with E-state index in [2.05, 4.69) is 50.3 Å². The van der Waals surface area contributed by atoms with E-state index in [1.54, 1.807) is 0 Å². The first-order chi connectivity index (χ1) is 22.6. The Balaban J connectivity index is 4.10. The second-order valence-electron chi connectivity index (χ2n) is 13.5. The summed E-state index contributed by atoms with van der Waals surface area (Å²) in [6.45, 7) is 4.49. The van der Waals surface area contributed by atoms with Crippen LogP contribution in [0.15, 0.2) is 36.5 Å². The van der Waals surface area contributed by atoms with Crippen LogP contribution in [0.25, 0.3) is 0 Å². The molecular formula is C42H76O4. The van der Waals surface area contributed by atoms with Gasteiger partial charge in [0.15, 0.2) is 0 Å². The molecular weight excluding hydrogens is 568 g/mol. The van der Waals surface area contributed by atoms with E-state index < -0.39 is 5.97 Å². The summed E-state index contributed by atoms with van der Waals surface area (Å²) < 4.78 is 5.99. The van der Waals surface area contributed by atoms with Crippen LogP contribution in [0.5, 0.6) is 0 Å². The third kappa shape index (κ3) is 36.6. The van der Waals surface area contributed by atoms with Gasteiger partial charge >= 0.3 is 11.9 Å². The monoisotopic (exact) mass is 645 g/mol. The number of aliphatic carboxylic acids is 1. The van der Waals surface area contributed by atoms with Crippen LogP contribution in [0.2, 0.25) is 0 Å². The molecule has 0 aliphatic heterocycles. The Hall–Kier alpha value is -1.84. The normalized spacial score (nSPS) is 12.6. The molecule has 0 rings (SSSR count). The summed E-state index contributed by atoms with van der Waals surface area (Å²) in [7, 11) is 0. The van der Waals surface area contributed by atoms with E-state index in [0.717, 1.165) is 83.5 Å². The maximum atomic E-state index is 12.7. The predicted molar refractivity (Wildman–Crippen MR) is 199 cm³/mol. The average Bonchev–Trinajstić information content (AvgIpc) is 3.04. The first-order valence-corrected chi connectivity index (χ1v) is 20.0. The van der Waals surface area contributed by atoms with Crippen LogP contribution in [-0.2, 0) is 14.3 Å². The third-order valence-electron chi connectivity index (χ3n) is 8.82. The molecule has 0 aromatic carbocycles. The van der Waals surface area contributed by atoms with E-state index in [1.165, 1.54) is 103 Å². The fraction of sp³-hybridized carbons (Fsp3) is 0.810. The zero-order valence-electron chi connectivity index (χ0n) is 30.6. The van der Waals surface area contributed by atoms with Gasteiger partial charge in [-0.25, -0.2) is 0 Å². The summed E-state index contributed by atoms with van der Waals surface area (Å²) in [6, 6.07) is 0. The Morgan fingerprint density at radius 2 is 0.891 bits per heavy atom. The van der Waals surface area contributed by atoms with E-state index in [4.69, 9.17) is 9.84 Å². The van der Waals surface area contributed by atoms with Crippen LogP contribution in [0.3, 0.4) is 0 Å². The van der Waals surface area contributed by atoms with Crippen molar-refractivity contribution in [3.8, 4) is 0 Å². The SMILES string of the molecule is CCC/C=C\C/C=C\CCCCCCCC(=O)OC(CCCCC/C=C\CCCCCCCCCC)CCCCCCCC(=O)O. The zero-order valence-corrected chi connectivity index (χ0v) is 30.6. The van der Waals surface area contributed by atoms with Crippen molar-refractivity contribution < 1.29 is 19.4 Å². The lowest BCUT2D eigenvalue weighted by Crippen LogP contribution is -2.18. The lowest BCUT2D eigenvalue weighted by Gasteiger charge is -2.18. The predicted octanol–water partition coefficient (Wildman–Crippen LogP) is 13.8. The molecule has 0 aliphatic rings. The molecule has 4 nitrogen and oxygen atoms in total. The highest BCUT2D eigenvalue weighted by atomic mass is 16.5. The largest absolute Gasteiger partial charge is 0.481 e. The molecule has 268 valence electrons. The Morgan fingerprint density at radius 3 is 1.41 bits per heavy atom. The summed E-state index contributed by atoms with van der Waals surface area (Å²) in [4.78, 5) is 23.4. The first kappa shape index (κ1) is 44.2. The van der Waals surface area contributed by atoms with Gasteiger partial charge in [-0.1, -0.05) is 147 Å². The van der Waals surface area contributed by atoms with Crippen LogP contribution in [0.4, 0.5) is 0 Å². The number of carboxylic acids is 1. The van der Waals surface area contributed by atoms with E-state index in [-0.39, 0.29) is 18.5 Å². The van der Waals surface area contributed by atoms with Gasteiger partial charge in [0, 0.05) is 12.8 Å². The molecule has 4 heteroatoms. The molecule has 0 heterocycles. The molecule has 1 atom stereocenters. The minimum atomic E-state index is -0.704. The Morgan fingerprint density at radius 1 is 0.478 bits per heavy atom. The van der Waals surface area contributed by atoms with Gasteiger partial charge in [-0.15, -0.1) is 0 Å². The van der Waals surface area contributed by atoms with Crippen molar-refractivity contribution in [2.24, 2.45) is 0 Å². The lowest BCUT2D eigenvalue weighted by atomic mass is 10.0. The third-order valence-corrected chi connectivity index (χ3v) is 8.82. The molecule has 0 saturated carbocycles. The van der Waals surface area contributed by atoms with E-state index in [1.807, 2.05) is 0 Å². The Kier molecular flexibility index (Phi) is 36.1. The number of rotatable bonds is 36. The minimum Gasteiger partial charge on any atom is -0.481 e. The number of ether oxygens (including phenoxy) is 1. The van der Waals surface area contributed by atoms with Gasteiger partial charge in [-0.05, 0) is 89.9 Å². The van der Waals surface area contributed by atoms with Crippen molar-refractivity contribution in [1.29, 1.82) is 0 Å². The molecule has 0 aliphatic carbocycles. The first-order valence-electron chi connectivity index (χ1n) is 20.0. The van der Waals surface area contributed by atoms with E-state index in [0.29, 0.717) is 6.42 Å². The number of carboxylic acid groups (broad SMARTS) is 1. The van der Waals surface area contributed by atoms with Crippen LogP contribution < -0.4 is 0 Å². The van der Waals surface area contributed by atoms with Gasteiger partial charge in [0.1, 0.15) is 6.10 Å². The highest BCUT2D eigenvalue weighted by Gasteiger charge is 2.14. The number of unbranched alkanes of at least 4 members (excludes halogenated alkanes) is 21. The fourth-order valence-electron chi connectivity index (χ4n) is 5.86. The van der Waals surface area contributed by atoms with Crippen molar-refractivity contribution in [1.82, 2.24) is 0 Å². The highest BCUT2D eigenvalue weighted by molar-refractivity contribution is 5.69. The lowest BCUT2D eigenvalue weighted by molar-refractivity contribution is -0.150. The van der Waals surface area contributed by atoms with Gasteiger partial charge in [0.25, 0.3) is 0 Å². The summed E-state index contributed by atoms with van der Waals surface area (Å²) in [5, 5.41) is 8.82. The van der Waals surface area contributed by atoms with Crippen LogP contribution >= 0.6 is 0 Å². The van der Waals surface area contributed by atoms with Crippen molar-refractivity contribution in [3.63, 3.8) is 0 Å². The Labute approximate surface area is 286 Å². The number of allylic oxidation sites excluding steroid dienone is 6. The molecule has 0 amide bonds. The highest BCUT2D eigenvalue weighted by Crippen LogP contribution is 2.18.